The molecule has 0 saturated carbocycles. The van der Waals surface area contributed by atoms with E-state index in [1.807, 2.05) is 0 Å². The van der Waals surface area contributed by atoms with Crippen LogP contribution in [0.2, 0.25) is 0 Å². The molecule has 9 heteroatoms. The minimum absolute atomic E-state index is 0.0304. The summed E-state index contributed by atoms with van der Waals surface area (Å²) in [4.78, 5) is 27.9. The Balaban J connectivity index is 2.10. The zero-order valence-corrected chi connectivity index (χ0v) is 15.0. The molecule has 0 bridgehead atoms. The molecule has 2 heterocycles. The maximum absolute atomic E-state index is 13.6. The molecule has 0 N–H and O–H groups in total. The van der Waals surface area contributed by atoms with Gasteiger partial charge in [0.2, 0.25) is 5.82 Å². The van der Waals surface area contributed by atoms with Gasteiger partial charge >= 0.3 is 17.3 Å². The standard InChI is InChI=1S/C19H15F3N4O2/c1-24-14-8-12-13(9-15(14)25(2)17(28)16(24)27)26(18(23-12)19(20,21)22)10-11-6-4-3-5-7-11/h3-9H,10H2,1-2H3. The smallest absolute Gasteiger partial charge is 0.316 e. The molecule has 0 aliphatic carbocycles. The Morgan fingerprint density at radius 2 is 1.46 bits per heavy atom. The summed E-state index contributed by atoms with van der Waals surface area (Å²) in [6, 6.07) is 11.6. The van der Waals surface area contributed by atoms with Gasteiger partial charge in [0.15, 0.2) is 0 Å². The molecule has 0 radical (unpaired) electrons. The maximum Gasteiger partial charge on any atom is 0.449 e. The lowest BCUT2D eigenvalue weighted by atomic mass is 10.2. The fourth-order valence-corrected chi connectivity index (χ4v) is 3.33. The molecule has 28 heavy (non-hydrogen) atoms. The molecule has 0 spiro atoms. The van der Waals surface area contributed by atoms with E-state index in [1.54, 1.807) is 30.3 Å². The summed E-state index contributed by atoms with van der Waals surface area (Å²) in [6.07, 6.45) is -4.66. The van der Waals surface area contributed by atoms with Crippen LogP contribution < -0.4 is 11.1 Å². The molecule has 0 atom stereocenters. The van der Waals surface area contributed by atoms with Crippen LogP contribution in [0.1, 0.15) is 11.4 Å². The van der Waals surface area contributed by atoms with Gasteiger partial charge in [-0.1, -0.05) is 30.3 Å². The molecule has 4 rings (SSSR count). The van der Waals surface area contributed by atoms with Gasteiger partial charge in [0, 0.05) is 20.6 Å². The van der Waals surface area contributed by atoms with Crippen molar-refractivity contribution in [1.82, 2.24) is 18.7 Å². The Morgan fingerprint density at radius 1 is 0.893 bits per heavy atom. The number of fused-ring (bicyclic) bond motifs is 2. The fourth-order valence-electron chi connectivity index (χ4n) is 3.33. The molecule has 2 aromatic heterocycles. The number of rotatable bonds is 2. The zero-order chi connectivity index (χ0) is 20.2. The highest BCUT2D eigenvalue weighted by Crippen LogP contribution is 2.33. The Labute approximate surface area is 156 Å². The maximum atomic E-state index is 13.6. The highest BCUT2D eigenvalue weighted by atomic mass is 19.4. The second-order valence-corrected chi connectivity index (χ2v) is 6.56. The monoisotopic (exact) mass is 388 g/mol. The first-order valence-electron chi connectivity index (χ1n) is 8.39. The summed E-state index contributed by atoms with van der Waals surface area (Å²) in [7, 11) is 2.82. The first-order chi connectivity index (χ1) is 13.2. The van der Waals surface area contributed by atoms with E-state index in [2.05, 4.69) is 4.98 Å². The van der Waals surface area contributed by atoms with Crippen molar-refractivity contribution in [2.75, 3.05) is 0 Å². The number of hydrogen-bond donors (Lipinski definition) is 0. The van der Waals surface area contributed by atoms with Crippen molar-refractivity contribution in [2.45, 2.75) is 12.7 Å². The van der Waals surface area contributed by atoms with Crippen molar-refractivity contribution in [1.29, 1.82) is 0 Å². The number of aromatic nitrogens is 4. The number of alkyl halides is 3. The number of imidazole rings is 1. The van der Waals surface area contributed by atoms with Crippen LogP contribution in [-0.2, 0) is 26.8 Å². The summed E-state index contributed by atoms with van der Waals surface area (Å²) in [5, 5.41) is 0. The molecular formula is C19H15F3N4O2. The van der Waals surface area contributed by atoms with Gasteiger partial charge in [-0.25, -0.2) is 4.98 Å². The van der Waals surface area contributed by atoms with E-state index in [-0.39, 0.29) is 17.6 Å². The summed E-state index contributed by atoms with van der Waals surface area (Å²) in [6.45, 7) is -0.0304. The molecule has 2 aromatic carbocycles. The summed E-state index contributed by atoms with van der Waals surface area (Å²) in [5.74, 6) is -1.03. The van der Waals surface area contributed by atoms with E-state index in [0.717, 1.165) is 13.7 Å². The van der Waals surface area contributed by atoms with Crippen molar-refractivity contribution >= 4 is 22.1 Å². The topological polar surface area (TPSA) is 61.8 Å². The van der Waals surface area contributed by atoms with Crippen molar-refractivity contribution < 1.29 is 13.2 Å². The van der Waals surface area contributed by atoms with Gasteiger partial charge in [-0.15, -0.1) is 0 Å². The number of aryl methyl sites for hydroxylation is 2. The van der Waals surface area contributed by atoms with Gasteiger partial charge in [-0.05, 0) is 17.7 Å². The minimum Gasteiger partial charge on any atom is -0.316 e. The third-order valence-electron chi connectivity index (χ3n) is 4.80. The van der Waals surface area contributed by atoms with Crippen LogP contribution >= 0.6 is 0 Å². The van der Waals surface area contributed by atoms with E-state index in [1.165, 1.54) is 26.2 Å². The van der Waals surface area contributed by atoms with Gasteiger partial charge in [0.1, 0.15) is 0 Å². The third kappa shape index (κ3) is 2.70. The van der Waals surface area contributed by atoms with Gasteiger partial charge in [0.25, 0.3) is 0 Å². The molecule has 0 aliphatic rings. The van der Waals surface area contributed by atoms with Crippen molar-refractivity contribution in [3.8, 4) is 0 Å². The van der Waals surface area contributed by atoms with Crippen LogP contribution in [0.4, 0.5) is 13.2 Å². The predicted octanol–water partition coefficient (Wildman–Crippen LogP) is 2.65. The van der Waals surface area contributed by atoms with Gasteiger partial charge in [0.05, 0.1) is 22.1 Å². The Bertz CT molecular complexity index is 1330. The van der Waals surface area contributed by atoms with Gasteiger partial charge < -0.3 is 13.7 Å². The van der Waals surface area contributed by atoms with E-state index in [4.69, 9.17) is 0 Å². The second kappa shape index (κ2) is 6.08. The van der Waals surface area contributed by atoms with E-state index >= 15 is 0 Å². The summed E-state index contributed by atoms with van der Waals surface area (Å²) in [5.41, 5.74) is 0.192. The third-order valence-corrected chi connectivity index (χ3v) is 4.80. The summed E-state index contributed by atoms with van der Waals surface area (Å²) < 4.78 is 44.2. The fraction of sp³-hybridized carbons (Fsp3) is 0.211. The Morgan fingerprint density at radius 3 is 2.04 bits per heavy atom. The minimum atomic E-state index is -4.66. The van der Waals surface area contributed by atoms with Crippen LogP contribution in [0, 0.1) is 0 Å². The first kappa shape index (κ1) is 18.0. The number of benzene rings is 2. The predicted molar refractivity (Wildman–Crippen MR) is 98.3 cm³/mol. The van der Waals surface area contributed by atoms with Crippen LogP contribution in [-0.4, -0.2) is 18.7 Å². The molecule has 6 nitrogen and oxygen atoms in total. The quantitative estimate of drug-likeness (QED) is 0.496. The Hall–Kier alpha value is -3.36. The van der Waals surface area contributed by atoms with E-state index < -0.39 is 23.1 Å². The highest BCUT2D eigenvalue weighted by Gasteiger charge is 2.37. The SMILES string of the molecule is Cn1c(=O)c(=O)n(C)c2cc3c(cc21)nc(C(F)(F)F)n3Cc1ccccc1. The lowest BCUT2D eigenvalue weighted by molar-refractivity contribution is -0.146. The largest absolute Gasteiger partial charge is 0.449 e. The van der Waals surface area contributed by atoms with E-state index in [0.29, 0.717) is 16.6 Å². The highest BCUT2D eigenvalue weighted by molar-refractivity contribution is 5.92. The first-order valence-corrected chi connectivity index (χ1v) is 8.39. The van der Waals surface area contributed by atoms with Crippen LogP contribution in [0.3, 0.4) is 0 Å². The number of nitrogens with zero attached hydrogens (tertiary/aromatic N) is 4. The van der Waals surface area contributed by atoms with E-state index in [9.17, 15) is 22.8 Å². The molecule has 4 aromatic rings. The lowest BCUT2D eigenvalue weighted by Crippen LogP contribution is -2.39. The molecule has 0 aliphatic heterocycles. The lowest BCUT2D eigenvalue weighted by Gasteiger charge is -2.12. The van der Waals surface area contributed by atoms with Gasteiger partial charge in [-0.2, -0.15) is 13.2 Å². The molecular weight excluding hydrogens is 373 g/mol. The molecule has 0 unspecified atom stereocenters. The number of hydrogen-bond acceptors (Lipinski definition) is 3. The molecule has 144 valence electrons. The molecule has 0 saturated heterocycles. The van der Waals surface area contributed by atoms with Crippen molar-refractivity contribution in [3.05, 3.63) is 74.6 Å². The molecule has 0 fully saturated rings. The van der Waals surface area contributed by atoms with Crippen molar-refractivity contribution in [2.24, 2.45) is 14.1 Å². The van der Waals surface area contributed by atoms with Crippen LogP contribution in [0.15, 0.2) is 52.1 Å². The van der Waals surface area contributed by atoms with Gasteiger partial charge in [-0.3, -0.25) is 9.59 Å². The number of halogens is 3. The second-order valence-electron chi connectivity index (χ2n) is 6.56. The average Bonchev–Trinajstić information content (AvgIpc) is 3.02. The van der Waals surface area contributed by atoms with Crippen LogP contribution in [0.25, 0.3) is 22.1 Å². The zero-order valence-electron chi connectivity index (χ0n) is 15.0. The summed E-state index contributed by atoms with van der Waals surface area (Å²) >= 11 is 0. The molecule has 0 amide bonds. The van der Waals surface area contributed by atoms with Crippen molar-refractivity contribution in [3.63, 3.8) is 0 Å². The Kier molecular flexibility index (Phi) is 3.91. The van der Waals surface area contributed by atoms with Crippen LogP contribution in [0.5, 0.6) is 0 Å². The normalized spacial score (nSPS) is 12.2. The average molecular weight is 388 g/mol.